The third kappa shape index (κ3) is 3.03. The number of carbonyl (C=O) groups is 1. The summed E-state index contributed by atoms with van der Waals surface area (Å²) in [5.41, 5.74) is 1.80. The van der Waals surface area contributed by atoms with Crippen molar-refractivity contribution in [3.63, 3.8) is 0 Å². The molecule has 0 aromatic rings. The highest BCUT2D eigenvalue weighted by Crippen LogP contribution is 2.65. The van der Waals surface area contributed by atoms with Crippen molar-refractivity contribution < 1.29 is 9.90 Å². The monoisotopic (exact) mass is 394 g/mol. The lowest BCUT2D eigenvalue weighted by molar-refractivity contribution is -0.131. The second-order valence-electron chi connectivity index (χ2n) is 9.72. The first-order valence-electron chi connectivity index (χ1n) is 10.6. The molecular weight excluding hydrogens is 360 g/mol. The molecule has 0 saturated heterocycles. The summed E-state index contributed by atoms with van der Waals surface area (Å²) in [5, 5.41) is 11.0. The minimum atomic E-state index is -0.143. The zero-order chi connectivity index (χ0) is 18.5. The SMILES string of the molecule is CC(C)SSC[C@]12CCC(O)CC1=CC[C@@H]1[C@@H]2CC[C@]2(C)C(=O)CC[C@@H]12. The first-order valence-corrected chi connectivity index (χ1v) is 12.9. The van der Waals surface area contributed by atoms with Gasteiger partial charge in [-0.05, 0) is 62.7 Å². The van der Waals surface area contributed by atoms with E-state index in [1.807, 2.05) is 10.8 Å². The van der Waals surface area contributed by atoms with E-state index in [0.29, 0.717) is 22.9 Å². The normalized spacial score (nSPS) is 45.1. The summed E-state index contributed by atoms with van der Waals surface area (Å²) in [5.74, 6) is 3.72. The van der Waals surface area contributed by atoms with Gasteiger partial charge in [0.2, 0.25) is 0 Å². The Hall–Kier alpha value is 0.0700. The standard InChI is InChI=1S/C22H34O2S2/c1-14(2)26-25-13-22-11-8-16(23)12-15(22)4-5-17-18-6-7-20(24)21(18,3)10-9-19(17)22/h4,14,16-19,23H,5-13H2,1-3H3/t16?,17-,18-,19-,21-,22+/m0/s1. The number of ketones is 1. The Bertz CT molecular complexity index is 601. The van der Waals surface area contributed by atoms with Crippen LogP contribution in [0, 0.1) is 28.6 Å². The number of aliphatic hydroxyl groups excluding tert-OH is 1. The van der Waals surface area contributed by atoms with Gasteiger partial charge in [-0.1, -0.05) is 54.0 Å². The van der Waals surface area contributed by atoms with Crippen molar-refractivity contribution >= 4 is 27.4 Å². The third-order valence-electron chi connectivity index (χ3n) is 8.09. The predicted octanol–water partition coefficient (Wildman–Crippen LogP) is 5.65. The van der Waals surface area contributed by atoms with Gasteiger partial charge in [0.05, 0.1) is 6.10 Å². The van der Waals surface area contributed by atoms with Crippen LogP contribution in [0.3, 0.4) is 0 Å². The Labute approximate surface area is 166 Å². The van der Waals surface area contributed by atoms with Gasteiger partial charge in [-0.3, -0.25) is 4.79 Å². The zero-order valence-corrected chi connectivity index (χ0v) is 18.1. The summed E-state index contributed by atoms with van der Waals surface area (Å²) in [6.45, 7) is 6.82. The maximum Gasteiger partial charge on any atom is 0.139 e. The lowest BCUT2D eigenvalue weighted by Gasteiger charge is -2.58. The third-order valence-corrected chi connectivity index (χ3v) is 11.2. The van der Waals surface area contributed by atoms with Gasteiger partial charge in [-0.2, -0.15) is 0 Å². The van der Waals surface area contributed by atoms with Crippen LogP contribution in [-0.4, -0.2) is 28.0 Å². The second-order valence-corrected chi connectivity index (χ2v) is 12.7. The topological polar surface area (TPSA) is 37.3 Å². The molecule has 3 saturated carbocycles. The van der Waals surface area contributed by atoms with E-state index in [-0.39, 0.29) is 16.9 Å². The van der Waals surface area contributed by atoms with E-state index in [9.17, 15) is 9.90 Å². The Balaban J connectivity index is 1.64. The molecule has 0 heterocycles. The average Bonchev–Trinajstić information content (AvgIpc) is 2.90. The predicted molar refractivity (Wildman–Crippen MR) is 112 cm³/mol. The van der Waals surface area contributed by atoms with E-state index in [0.717, 1.165) is 50.9 Å². The fourth-order valence-corrected chi connectivity index (χ4v) is 9.50. The summed E-state index contributed by atoms with van der Waals surface area (Å²) < 4.78 is 0. The second kappa shape index (κ2) is 7.15. The molecule has 3 fully saturated rings. The maximum absolute atomic E-state index is 12.6. The number of carbonyl (C=O) groups excluding carboxylic acids is 1. The van der Waals surface area contributed by atoms with Gasteiger partial charge in [-0.15, -0.1) is 0 Å². The van der Waals surface area contributed by atoms with E-state index in [1.54, 1.807) is 5.57 Å². The smallest absolute Gasteiger partial charge is 0.139 e. The minimum absolute atomic E-state index is 0.0400. The molecule has 4 aliphatic rings. The van der Waals surface area contributed by atoms with Gasteiger partial charge in [0.15, 0.2) is 0 Å². The first-order chi connectivity index (χ1) is 12.4. The van der Waals surface area contributed by atoms with Crippen LogP contribution in [0.25, 0.3) is 0 Å². The van der Waals surface area contributed by atoms with Gasteiger partial charge in [-0.25, -0.2) is 0 Å². The molecule has 2 nitrogen and oxygen atoms in total. The molecule has 0 aromatic heterocycles. The summed E-state index contributed by atoms with van der Waals surface area (Å²) in [4.78, 5) is 12.6. The van der Waals surface area contributed by atoms with Crippen LogP contribution in [-0.2, 0) is 4.79 Å². The van der Waals surface area contributed by atoms with Crippen molar-refractivity contribution in [3.8, 4) is 0 Å². The van der Waals surface area contributed by atoms with E-state index in [1.165, 1.54) is 12.2 Å². The summed E-state index contributed by atoms with van der Waals surface area (Å²) in [7, 11) is 4.06. The molecule has 0 aliphatic heterocycles. The average molecular weight is 395 g/mol. The summed E-state index contributed by atoms with van der Waals surface area (Å²) >= 11 is 0. The van der Waals surface area contributed by atoms with E-state index in [4.69, 9.17) is 0 Å². The molecule has 0 aromatic carbocycles. The van der Waals surface area contributed by atoms with Crippen LogP contribution >= 0.6 is 21.6 Å². The van der Waals surface area contributed by atoms with Crippen molar-refractivity contribution in [1.82, 2.24) is 0 Å². The summed E-state index contributed by atoms with van der Waals surface area (Å²) in [6.07, 6.45) is 10.7. The van der Waals surface area contributed by atoms with Crippen LogP contribution in [0.1, 0.15) is 72.1 Å². The van der Waals surface area contributed by atoms with Crippen molar-refractivity contribution in [1.29, 1.82) is 0 Å². The zero-order valence-electron chi connectivity index (χ0n) is 16.5. The number of Topliss-reactive ketones (excluding diaryl/α,β-unsaturated/α-hetero) is 1. The summed E-state index contributed by atoms with van der Waals surface area (Å²) in [6, 6.07) is 0. The molecule has 0 amide bonds. The molecule has 146 valence electrons. The maximum atomic E-state index is 12.6. The Morgan fingerprint density at radius 1 is 1.23 bits per heavy atom. The van der Waals surface area contributed by atoms with Crippen LogP contribution in [0.15, 0.2) is 11.6 Å². The van der Waals surface area contributed by atoms with Crippen LogP contribution < -0.4 is 0 Å². The lowest BCUT2D eigenvalue weighted by atomic mass is 9.48. The Morgan fingerprint density at radius 3 is 2.81 bits per heavy atom. The van der Waals surface area contributed by atoms with Gasteiger partial charge in [0.25, 0.3) is 0 Å². The lowest BCUT2D eigenvalue weighted by Crippen LogP contribution is -2.52. The molecule has 1 unspecified atom stereocenters. The highest BCUT2D eigenvalue weighted by Gasteiger charge is 2.59. The van der Waals surface area contributed by atoms with Gasteiger partial charge < -0.3 is 5.11 Å². The molecule has 4 aliphatic carbocycles. The molecule has 0 radical (unpaired) electrons. The first kappa shape index (κ1) is 19.4. The van der Waals surface area contributed by atoms with E-state index in [2.05, 4.69) is 37.6 Å². The highest BCUT2D eigenvalue weighted by molar-refractivity contribution is 8.76. The van der Waals surface area contributed by atoms with Crippen LogP contribution in [0.4, 0.5) is 0 Å². The fourth-order valence-electron chi connectivity index (χ4n) is 6.75. The Kier molecular flexibility index (Phi) is 5.33. The molecule has 6 atom stereocenters. The molecule has 0 bridgehead atoms. The molecule has 0 spiro atoms. The van der Waals surface area contributed by atoms with Crippen LogP contribution in [0.5, 0.6) is 0 Å². The Morgan fingerprint density at radius 2 is 2.04 bits per heavy atom. The van der Waals surface area contributed by atoms with Gasteiger partial charge >= 0.3 is 0 Å². The van der Waals surface area contributed by atoms with Crippen LogP contribution in [0.2, 0.25) is 0 Å². The van der Waals surface area contributed by atoms with Crippen molar-refractivity contribution in [2.24, 2.45) is 28.6 Å². The highest BCUT2D eigenvalue weighted by atomic mass is 33.1. The minimum Gasteiger partial charge on any atom is -0.393 e. The van der Waals surface area contributed by atoms with E-state index < -0.39 is 0 Å². The number of hydrogen-bond acceptors (Lipinski definition) is 4. The van der Waals surface area contributed by atoms with Gasteiger partial charge in [0, 0.05) is 28.3 Å². The van der Waals surface area contributed by atoms with Crippen molar-refractivity contribution in [2.45, 2.75) is 83.5 Å². The van der Waals surface area contributed by atoms with Gasteiger partial charge in [0.1, 0.15) is 5.78 Å². The molecule has 26 heavy (non-hydrogen) atoms. The number of aliphatic hydroxyl groups is 1. The molecular formula is C22H34O2S2. The largest absolute Gasteiger partial charge is 0.393 e. The fraction of sp³-hybridized carbons (Fsp3) is 0.864. The van der Waals surface area contributed by atoms with Crippen molar-refractivity contribution in [3.05, 3.63) is 11.6 Å². The number of fused-ring (bicyclic) bond motifs is 5. The molecule has 1 N–H and O–H groups in total. The number of allylic oxidation sites excluding steroid dienone is 1. The van der Waals surface area contributed by atoms with Crippen molar-refractivity contribution in [2.75, 3.05) is 5.75 Å². The molecule has 4 rings (SSSR count). The number of hydrogen-bond donors (Lipinski definition) is 1. The molecule has 4 heteroatoms. The quantitative estimate of drug-likeness (QED) is 0.494. The number of rotatable bonds is 4. The van der Waals surface area contributed by atoms with E-state index >= 15 is 0 Å².